The summed E-state index contributed by atoms with van der Waals surface area (Å²) in [5, 5.41) is 8.84. The Hall–Kier alpha value is -1.13. The van der Waals surface area contributed by atoms with Gasteiger partial charge in [0.2, 0.25) is 0 Å². The van der Waals surface area contributed by atoms with Crippen molar-refractivity contribution < 1.29 is 14.6 Å². The van der Waals surface area contributed by atoms with Gasteiger partial charge in [0, 0.05) is 6.61 Å². The number of rotatable bonds is 4. The molecule has 1 aliphatic heterocycles. The highest BCUT2D eigenvalue weighted by Crippen LogP contribution is 2.15. The van der Waals surface area contributed by atoms with E-state index in [4.69, 9.17) is 14.6 Å². The summed E-state index contributed by atoms with van der Waals surface area (Å²) in [6, 6.07) is 3.58. The lowest BCUT2D eigenvalue weighted by atomic mass is 10.1. The lowest BCUT2D eigenvalue weighted by Crippen LogP contribution is -2.25. The molecule has 1 aromatic heterocycles. The number of aliphatic hydroxyl groups is 1. The first kappa shape index (κ1) is 11.4. The molecule has 2 rings (SSSR count). The van der Waals surface area contributed by atoms with Crippen molar-refractivity contribution in [3.05, 3.63) is 24.0 Å². The molecule has 0 aliphatic carbocycles. The van der Waals surface area contributed by atoms with Crippen LogP contribution in [0.2, 0.25) is 0 Å². The highest BCUT2D eigenvalue weighted by molar-refractivity contribution is 5.19. The SMILES string of the molecule is OCc1ccc(OCC2CCCCO2)cn1. The van der Waals surface area contributed by atoms with Crippen molar-refractivity contribution in [2.75, 3.05) is 13.2 Å². The van der Waals surface area contributed by atoms with Crippen molar-refractivity contribution >= 4 is 0 Å². The molecule has 16 heavy (non-hydrogen) atoms. The highest BCUT2D eigenvalue weighted by Gasteiger charge is 2.14. The molecule has 1 atom stereocenters. The van der Waals surface area contributed by atoms with Gasteiger partial charge in [-0.25, -0.2) is 0 Å². The summed E-state index contributed by atoms with van der Waals surface area (Å²) >= 11 is 0. The number of aliphatic hydroxyl groups excluding tert-OH is 1. The van der Waals surface area contributed by atoms with Gasteiger partial charge in [-0.2, -0.15) is 0 Å². The molecule has 0 saturated carbocycles. The molecule has 1 aromatic rings. The quantitative estimate of drug-likeness (QED) is 0.840. The maximum Gasteiger partial charge on any atom is 0.137 e. The zero-order chi connectivity index (χ0) is 11.2. The van der Waals surface area contributed by atoms with Gasteiger partial charge in [0.1, 0.15) is 12.4 Å². The minimum atomic E-state index is -0.0357. The first-order chi connectivity index (χ1) is 7.88. The molecule has 0 spiro atoms. The summed E-state index contributed by atoms with van der Waals surface area (Å²) in [5.41, 5.74) is 0.654. The molecule has 1 unspecified atom stereocenters. The Morgan fingerprint density at radius 3 is 3.00 bits per heavy atom. The van der Waals surface area contributed by atoms with Crippen LogP contribution in [-0.2, 0) is 11.3 Å². The molecular formula is C12H17NO3. The van der Waals surface area contributed by atoms with Gasteiger partial charge in [-0.3, -0.25) is 4.98 Å². The Labute approximate surface area is 95.2 Å². The molecule has 1 aliphatic rings. The van der Waals surface area contributed by atoms with Crippen molar-refractivity contribution in [2.45, 2.75) is 32.0 Å². The number of aromatic nitrogens is 1. The summed E-state index contributed by atoms with van der Waals surface area (Å²) in [6.07, 6.45) is 5.29. The molecular weight excluding hydrogens is 206 g/mol. The Bertz CT molecular complexity index is 307. The minimum Gasteiger partial charge on any atom is -0.489 e. The Kier molecular flexibility index (Phi) is 4.13. The van der Waals surface area contributed by atoms with E-state index in [0.29, 0.717) is 12.3 Å². The molecule has 1 saturated heterocycles. The van der Waals surface area contributed by atoms with Crippen molar-refractivity contribution in [1.82, 2.24) is 4.98 Å². The van der Waals surface area contributed by atoms with E-state index in [1.165, 1.54) is 6.42 Å². The van der Waals surface area contributed by atoms with E-state index in [1.54, 1.807) is 12.3 Å². The van der Waals surface area contributed by atoms with Crippen molar-refractivity contribution in [3.8, 4) is 5.75 Å². The van der Waals surface area contributed by atoms with Crippen LogP contribution in [0.4, 0.5) is 0 Å². The van der Waals surface area contributed by atoms with Crippen LogP contribution in [0.5, 0.6) is 5.75 Å². The molecule has 1 N–H and O–H groups in total. The van der Waals surface area contributed by atoms with E-state index >= 15 is 0 Å². The molecule has 0 amide bonds. The van der Waals surface area contributed by atoms with Crippen molar-refractivity contribution in [2.24, 2.45) is 0 Å². The van der Waals surface area contributed by atoms with Gasteiger partial charge in [0.25, 0.3) is 0 Å². The van der Waals surface area contributed by atoms with Crippen LogP contribution in [0, 0.1) is 0 Å². The third kappa shape index (κ3) is 3.18. The maximum absolute atomic E-state index is 8.84. The average Bonchev–Trinajstić information content (AvgIpc) is 2.38. The normalized spacial score (nSPS) is 20.7. The zero-order valence-electron chi connectivity index (χ0n) is 9.26. The second-order valence-electron chi connectivity index (χ2n) is 3.94. The number of hydrogen-bond donors (Lipinski definition) is 1. The molecule has 0 radical (unpaired) electrons. The van der Waals surface area contributed by atoms with E-state index in [1.807, 2.05) is 6.07 Å². The van der Waals surface area contributed by atoms with Crippen molar-refractivity contribution in [1.29, 1.82) is 0 Å². The third-order valence-electron chi connectivity index (χ3n) is 2.67. The lowest BCUT2D eigenvalue weighted by molar-refractivity contribution is -0.0111. The van der Waals surface area contributed by atoms with E-state index in [2.05, 4.69) is 4.98 Å². The Morgan fingerprint density at radius 2 is 2.38 bits per heavy atom. The summed E-state index contributed by atoms with van der Waals surface area (Å²) < 4.78 is 11.1. The van der Waals surface area contributed by atoms with Gasteiger partial charge in [0.15, 0.2) is 0 Å². The zero-order valence-corrected chi connectivity index (χ0v) is 9.26. The monoisotopic (exact) mass is 223 g/mol. The van der Waals surface area contributed by atoms with E-state index in [-0.39, 0.29) is 12.7 Å². The number of nitrogens with zero attached hydrogens (tertiary/aromatic N) is 1. The minimum absolute atomic E-state index is 0.0357. The molecule has 0 bridgehead atoms. The van der Waals surface area contributed by atoms with Gasteiger partial charge in [-0.05, 0) is 31.4 Å². The molecule has 4 heteroatoms. The smallest absolute Gasteiger partial charge is 0.137 e. The fourth-order valence-corrected chi connectivity index (χ4v) is 1.72. The molecule has 4 nitrogen and oxygen atoms in total. The van der Waals surface area contributed by atoms with Crippen LogP contribution in [0.3, 0.4) is 0 Å². The van der Waals surface area contributed by atoms with Gasteiger partial charge in [-0.15, -0.1) is 0 Å². The van der Waals surface area contributed by atoms with Gasteiger partial charge >= 0.3 is 0 Å². The van der Waals surface area contributed by atoms with Crippen LogP contribution in [-0.4, -0.2) is 29.4 Å². The first-order valence-electron chi connectivity index (χ1n) is 5.68. The predicted molar refractivity (Wildman–Crippen MR) is 59.2 cm³/mol. The van der Waals surface area contributed by atoms with Crippen LogP contribution < -0.4 is 4.74 Å². The summed E-state index contributed by atoms with van der Waals surface area (Å²) in [4.78, 5) is 4.05. The standard InChI is InChI=1S/C12H17NO3/c14-8-10-4-5-11(7-13-10)16-9-12-3-1-2-6-15-12/h4-5,7,12,14H,1-3,6,8-9H2. The van der Waals surface area contributed by atoms with Crippen LogP contribution in [0.25, 0.3) is 0 Å². The maximum atomic E-state index is 8.84. The van der Waals surface area contributed by atoms with Gasteiger partial charge < -0.3 is 14.6 Å². The molecule has 0 aromatic carbocycles. The number of hydrogen-bond acceptors (Lipinski definition) is 4. The molecule has 1 fully saturated rings. The first-order valence-corrected chi connectivity index (χ1v) is 5.68. The second kappa shape index (κ2) is 5.82. The van der Waals surface area contributed by atoms with Crippen LogP contribution in [0.1, 0.15) is 25.0 Å². The Morgan fingerprint density at radius 1 is 1.44 bits per heavy atom. The van der Waals surface area contributed by atoms with Crippen LogP contribution >= 0.6 is 0 Å². The summed E-state index contributed by atoms with van der Waals surface area (Å²) in [7, 11) is 0. The highest BCUT2D eigenvalue weighted by atomic mass is 16.5. The van der Waals surface area contributed by atoms with E-state index in [0.717, 1.165) is 25.2 Å². The summed E-state index contributed by atoms with van der Waals surface area (Å²) in [6.45, 7) is 1.39. The lowest BCUT2D eigenvalue weighted by Gasteiger charge is -2.22. The predicted octanol–water partition coefficient (Wildman–Crippen LogP) is 1.52. The fraction of sp³-hybridized carbons (Fsp3) is 0.583. The average molecular weight is 223 g/mol. The van der Waals surface area contributed by atoms with E-state index < -0.39 is 0 Å². The van der Waals surface area contributed by atoms with Gasteiger partial charge in [0.05, 0.1) is 24.6 Å². The topological polar surface area (TPSA) is 51.6 Å². The summed E-state index contributed by atoms with van der Waals surface area (Å²) in [5.74, 6) is 0.728. The van der Waals surface area contributed by atoms with Crippen molar-refractivity contribution in [3.63, 3.8) is 0 Å². The second-order valence-corrected chi connectivity index (χ2v) is 3.94. The number of pyridine rings is 1. The largest absolute Gasteiger partial charge is 0.489 e. The third-order valence-corrected chi connectivity index (χ3v) is 2.67. The van der Waals surface area contributed by atoms with E-state index in [9.17, 15) is 0 Å². The molecule has 88 valence electrons. The molecule has 2 heterocycles. The van der Waals surface area contributed by atoms with Crippen LogP contribution in [0.15, 0.2) is 18.3 Å². The Balaban J connectivity index is 1.79. The number of ether oxygens (including phenoxy) is 2. The fourth-order valence-electron chi connectivity index (χ4n) is 1.72. The van der Waals surface area contributed by atoms with Gasteiger partial charge in [-0.1, -0.05) is 0 Å².